The molecule has 2 heterocycles. The fourth-order valence-electron chi connectivity index (χ4n) is 2.43. The molecule has 1 aromatic heterocycles. The summed E-state index contributed by atoms with van der Waals surface area (Å²) in [6, 6.07) is 0. The molecule has 0 radical (unpaired) electrons. The predicted octanol–water partition coefficient (Wildman–Crippen LogP) is 1.07. The maximum absolute atomic E-state index is 9.17. The molecule has 1 aliphatic rings. The minimum absolute atomic E-state index is 0.0504. The Balaban J connectivity index is 2.28. The van der Waals surface area contributed by atoms with E-state index in [-0.39, 0.29) is 12.7 Å². The molecule has 90 valence electrons. The van der Waals surface area contributed by atoms with Crippen LogP contribution >= 0.6 is 0 Å². The number of aliphatic hydroxyl groups excluding tert-OH is 1. The first-order valence-electron chi connectivity index (χ1n) is 5.96. The van der Waals surface area contributed by atoms with Gasteiger partial charge >= 0.3 is 0 Å². The van der Waals surface area contributed by atoms with Gasteiger partial charge in [0.05, 0.1) is 6.10 Å². The Morgan fingerprint density at radius 3 is 2.88 bits per heavy atom. The van der Waals surface area contributed by atoms with Crippen molar-refractivity contribution < 1.29 is 9.84 Å². The van der Waals surface area contributed by atoms with Crippen LogP contribution in [-0.4, -0.2) is 32.6 Å². The van der Waals surface area contributed by atoms with Gasteiger partial charge in [-0.2, -0.15) is 0 Å². The first-order chi connectivity index (χ1) is 7.81. The zero-order valence-electron chi connectivity index (χ0n) is 9.89. The van der Waals surface area contributed by atoms with E-state index in [1.165, 1.54) is 0 Å². The van der Waals surface area contributed by atoms with Gasteiger partial charge in [0.25, 0.3) is 0 Å². The van der Waals surface area contributed by atoms with Gasteiger partial charge in [-0.1, -0.05) is 6.92 Å². The SMILES string of the molecule is CCC1OCCC1c1nnc(CO)n1CC. The lowest BCUT2D eigenvalue weighted by atomic mass is 9.99. The molecule has 1 fully saturated rings. The van der Waals surface area contributed by atoms with Crippen molar-refractivity contribution in [2.24, 2.45) is 0 Å². The molecule has 2 atom stereocenters. The van der Waals surface area contributed by atoms with Crippen molar-refractivity contribution in [3.63, 3.8) is 0 Å². The Bertz CT molecular complexity index is 351. The summed E-state index contributed by atoms with van der Waals surface area (Å²) in [6.07, 6.45) is 2.25. The van der Waals surface area contributed by atoms with Gasteiger partial charge in [-0.3, -0.25) is 0 Å². The smallest absolute Gasteiger partial charge is 0.158 e. The summed E-state index contributed by atoms with van der Waals surface area (Å²) in [5.41, 5.74) is 0. The fourth-order valence-corrected chi connectivity index (χ4v) is 2.43. The van der Waals surface area contributed by atoms with Crippen LogP contribution in [0.5, 0.6) is 0 Å². The lowest BCUT2D eigenvalue weighted by Crippen LogP contribution is -2.18. The Morgan fingerprint density at radius 2 is 2.25 bits per heavy atom. The van der Waals surface area contributed by atoms with E-state index >= 15 is 0 Å². The van der Waals surface area contributed by atoms with Gasteiger partial charge in [0.15, 0.2) is 5.82 Å². The second-order valence-corrected chi connectivity index (χ2v) is 4.09. The van der Waals surface area contributed by atoms with Crippen LogP contribution in [0.1, 0.15) is 44.3 Å². The number of ether oxygens (including phenoxy) is 1. The van der Waals surface area contributed by atoms with Gasteiger partial charge in [-0.25, -0.2) is 0 Å². The van der Waals surface area contributed by atoms with Gasteiger partial charge in [0, 0.05) is 19.1 Å². The van der Waals surface area contributed by atoms with Gasteiger partial charge < -0.3 is 14.4 Å². The molecule has 2 unspecified atom stereocenters. The van der Waals surface area contributed by atoms with Crippen molar-refractivity contribution in [2.75, 3.05) is 6.61 Å². The minimum atomic E-state index is -0.0504. The average molecular weight is 225 g/mol. The van der Waals surface area contributed by atoms with Crippen LogP contribution in [-0.2, 0) is 17.9 Å². The number of nitrogens with zero attached hydrogens (tertiary/aromatic N) is 3. The molecular formula is C11H19N3O2. The molecule has 0 bridgehead atoms. The Kier molecular flexibility index (Phi) is 3.56. The summed E-state index contributed by atoms with van der Waals surface area (Å²) in [5, 5.41) is 17.4. The van der Waals surface area contributed by atoms with Crippen molar-refractivity contribution >= 4 is 0 Å². The van der Waals surface area contributed by atoms with Crippen LogP contribution < -0.4 is 0 Å². The summed E-state index contributed by atoms with van der Waals surface area (Å²) in [4.78, 5) is 0. The molecule has 0 aliphatic carbocycles. The number of rotatable bonds is 4. The maximum Gasteiger partial charge on any atom is 0.158 e. The van der Waals surface area contributed by atoms with E-state index in [0.29, 0.717) is 11.7 Å². The van der Waals surface area contributed by atoms with E-state index in [1.54, 1.807) is 0 Å². The molecule has 1 aliphatic heterocycles. The summed E-state index contributed by atoms with van der Waals surface area (Å²) in [7, 11) is 0. The number of aromatic nitrogens is 3. The van der Waals surface area contributed by atoms with Crippen LogP contribution in [0.2, 0.25) is 0 Å². The van der Waals surface area contributed by atoms with Crippen LogP contribution in [0.4, 0.5) is 0 Å². The van der Waals surface area contributed by atoms with E-state index in [2.05, 4.69) is 17.1 Å². The van der Waals surface area contributed by atoms with Crippen molar-refractivity contribution in [3.05, 3.63) is 11.6 Å². The molecule has 2 rings (SSSR count). The molecule has 0 amide bonds. The minimum Gasteiger partial charge on any atom is -0.388 e. The standard InChI is InChI=1S/C11H19N3O2/c1-3-9-8(5-6-16-9)11-13-12-10(7-15)14(11)4-2/h8-9,15H,3-7H2,1-2H3. The summed E-state index contributed by atoms with van der Waals surface area (Å²) in [5.74, 6) is 1.95. The quantitative estimate of drug-likeness (QED) is 0.832. The largest absolute Gasteiger partial charge is 0.388 e. The van der Waals surface area contributed by atoms with Gasteiger partial charge in [-0.05, 0) is 19.8 Å². The summed E-state index contributed by atoms with van der Waals surface area (Å²) < 4.78 is 7.67. The number of hydrogen-bond acceptors (Lipinski definition) is 4. The van der Waals surface area contributed by atoms with Crippen LogP contribution in [0.15, 0.2) is 0 Å². The van der Waals surface area contributed by atoms with Crippen molar-refractivity contribution in [2.45, 2.75) is 51.9 Å². The van der Waals surface area contributed by atoms with Crippen molar-refractivity contribution in [3.8, 4) is 0 Å². The molecule has 1 saturated heterocycles. The summed E-state index contributed by atoms with van der Waals surface area (Å²) in [6.45, 7) is 5.72. The third-order valence-corrected chi connectivity index (χ3v) is 3.26. The molecule has 0 aromatic carbocycles. The molecule has 0 spiro atoms. The Morgan fingerprint density at radius 1 is 1.44 bits per heavy atom. The zero-order chi connectivity index (χ0) is 11.5. The normalized spacial score (nSPS) is 25.2. The third kappa shape index (κ3) is 1.85. The van der Waals surface area contributed by atoms with E-state index in [9.17, 15) is 5.11 Å². The fraction of sp³-hybridized carbons (Fsp3) is 0.818. The first kappa shape index (κ1) is 11.5. The summed E-state index contributed by atoms with van der Waals surface area (Å²) >= 11 is 0. The van der Waals surface area contributed by atoms with Gasteiger partial charge in [-0.15, -0.1) is 10.2 Å². The molecular weight excluding hydrogens is 206 g/mol. The van der Waals surface area contributed by atoms with Gasteiger partial charge in [0.1, 0.15) is 12.4 Å². The van der Waals surface area contributed by atoms with Crippen molar-refractivity contribution in [1.82, 2.24) is 14.8 Å². The molecule has 5 heteroatoms. The van der Waals surface area contributed by atoms with Crippen molar-refractivity contribution in [1.29, 1.82) is 0 Å². The number of aliphatic hydroxyl groups is 1. The first-order valence-corrected chi connectivity index (χ1v) is 5.96. The second kappa shape index (κ2) is 4.93. The second-order valence-electron chi connectivity index (χ2n) is 4.09. The zero-order valence-corrected chi connectivity index (χ0v) is 9.89. The van der Waals surface area contributed by atoms with E-state index in [0.717, 1.165) is 31.8 Å². The van der Waals surface area contributed by atoms with Gasteiger partial charge in [0.2, 0.25) is 0 Å². The lowest BCUT2D eigenvalue weighted by Gasteiger charge is -2.17. The maximum atomic E-state index is 9.17. The molecule has 1 N–H and O–H groups in total. The van der Waals surface area contributed by atoms with E-state index in [4.69, 9.17) is 4.74 Å². The average Bonchev–Trinajstić information content (AvgIpc) is 2.93. The van der Waals surface area contributed by atoms with Crippen LogP contribution in [0, 0.1) is 0 Å². The van der Waals surface area contributed by atoms with Crippen LogP contribution in [0.3, 0.4) is 0 Å². The van der Waals surface area contributed by atoms with E-state index < -0.39 is 0 Å². The molecule has 16 heavy (non-hydrogen) atoms. The highest BCUT2D eigenvalue weighted by molar-refractivity contribution is 5.06. The Hall–Kier alpha value is -0.940. The topological polar surface area (TPSA) is 60.2 Å². The highest BCUT2D eigenvalue weighted by Gasteiger charge is 2.32. The van der Waals surface area contributed by atoms with E-state index in [1.807, 2.05) is 11.5 Å². The Labute approximate surface area is 95.4 Å². The number of hydrogen-bond donors (Lipinski definition) is 1. The third-order valence-electron chi connectivity index (χ3n) is 3.26. The molecule has 0 saturated carbocycles. The highest BCUT2D eigenvalue weighted by atomic mass is 16.5. The predicted molar refractivity (Wildman–Crippen MR) is 59.0 cm³/mol. The highest BCUT2D eigenvalue weighted by Crippen LogP contribution is 2.32. The van der Waals surface area contributed by atoms with Crippen LogP contribution in [0.25, 0.3) is 0 Å². The molecule has 5 nitrogen and oxygen atoms in total. The monoisotopic (exact) mass is 225 g/mol. The molecule has 1 aromatic rings. The lowest BCUT2D eigenvalue weighted by molar-refractivity contribution is 0.0987.